The first kappa shape index (κ1) is 22.3. The maximum atomic E-state index is 14.6. The molecule has 0 spiro atoms. The molecule has 7 nitrogen and oxygen atoms in total. The van der Waals surface area contributed by atoms with Crippen LogP contribution in [0.3, 0.4) is 0 Å². The summed E-state index contributed by atoms with van der Waals surface area (Å²) in [6, 6.07) is -0.931. The average molecular weight is 468 g/mol. The van der Waals surface area contributed by atoms with Gasteiger partial charge in [0.05, 0.1) is 10.6 Å². The summed E-state index contributed by atoms with van der Waals surface area (Å²) < 4.78 is 58.9. The molecular weight excluding hydrogens is 453 g/mol. The first-order chi connectivity index (χ1) is 13.8. The van der Waals surface area contributed by atoms with Crippen molar-refractivity contribution in [1.29, 1.82) is 0 Å². The highest BCUT2D eigenvalue weighted by Crippen LogP contribution is 2.44. The highest BCUT2D eigenvalue weighted by Gasteiger charge is 2.51. The number of carbonyl (C=O) groups excluding carboxylic acids is 1. The molecule has 0 aromatic carbocycles. The molecular formula is C17H15Cl2F4N5O2. The quantitative estimate of drug-likeness (QED) is 0.403. The molecule has 4 N–H and O–H groups in total. The van der Waals surface area contributed by atoms with Gasteiger partial charge in [-0.2, -0.15) is 17.6 Å². The van der Waals surface area contributed by atoms with Crippen molar-refractivity contribution in [3.63, 3.8) is 0 Å². The summed E-state index contributed by atoms with van der Waals surface area (Å²) in [5.74, 6) is -1.99. The maximum Gasteiger partial charge on any atom is 0.425 e. The number of amides is 1. The molecule has 0 fully saturated rings. The minimum absolute atomic E-state index is 0.0319. The van der Waals surface area contributed by atoms with Crippen molar-refractivity contribution in [2.24, 2.45) is 21.5 Å². The van der Waals surface area contributed by atoms with E-state index in [0.29, 0.717) is 0 Å². The van der Waals surface area contributed by atoms with E-state index in [2.05, 4.69) is 19.7 Å². The lowest BCUT2D eigenvalue weighted by Gasteiger charge is -2.36. The molecule has 0 aliphatic carbocycles. The number of carbonyl (C=O) groups is 1. The monoisotopic (exact) mass is 467 g/mol. The van der Waals surface area contributed by atoms with Gasteiger partial charge < -0.3 is 16.2 Å². The van der Waals surface area contributed by atoms with E-state index in [9.17, 15) is 22.4 Å². The minimum atomic E-state index is -4.76. The van der Waals surface area contributed by atoms with Crippen LogP contribution in [0.4, 0.5) is 17.6 Å². The lowest BCUT2D eigenvalue weighted by Crippen LogP contribution is -2.46. The van der Waals surface area contributed by atoms with Gasteiger partial charge in [-0.05, 0) is 24.6 Å². The van der Waals surface area contributed by atoms with Gasteiger partial charge >= 0.3 is 6.18 Å². The topological polar surface area (TPSA) is 116 Å². The second kappa shape index (κ2) is 7.38. The predicted molar refractivity (Wildman–Crippen MR) is 102 cm³/mol. The van der Waals surface area contributed by atoms with Crippen molar-refractivity contribution in [1.82, 2.24) is 4.98 Å². The van der Waals surface area contributed by atoms with Gasteiger partial charge in [0, 0.05) is 24.4 Å². The number of primary amides is 1. The third-order valence-electron chi connectivity index (χ3n) is 4.79. The van der Waals surface area contributed by atoms with Crippen molar-refractivity contribution in [2.75, 3.05) is 0 Å². The molecule has 2 unspecified atom stereocenters. The largest absolute Gasteiger partial charge is 0.452 e. The number of hydrogen-bond acceptors (Lipinski definition) is 6. The SMILES string of the molecule is C[C@@]1(c2cc(C3(Cl)C=C(Cl)C=NC3C(N)=O)cnc2F)C[C@@H](C(F)(F)F)OC(N)=N1. The number of pyridine rings is 1. The molecule has 1 aromatic rings. The molecule has 13 heteroatoms. The van der Waals surface area contributed by atoms with Crippen LogP contribution in [0.25, 0.3) is 0 Å². The fraction of sp³-hybridized carbons (Fsp3) is 0.412. The second-order valence-electron chi connectivity index (χ2n) is 7.02. The van der Waals surface area contributed by atoms with Gasteiger partial charge in [-0.3, -0.25) is 9.79 Å². The van der Waals surface area contributed by atoms with Crippen molar-refractivity contribution in [2.45, 2.75) is 42.1 Å². The fourth-order valence-electron chi connectivity index (χ4n) is 3.34. The summed E-state index contributed by atoms with van der Waals surface area (Å²) >= 11 is 12.5. The van der Waals surface area contributed by atoms with E-state index in [1.54, 1.807) is 0 Å². The number of hydrogen-bond donors (Lipinski definition) is 2. The second-order valence-corrected chi connectivity index (χ2v) is 8.08. The molecule has 30 heavy (non-hydrogen) atoms. The number of amidine groups is 1. The Labute approximate surface area is 177 Å². The molecule has 3 heterocycles. The van der Waals surface area contributed by atoms with Gasteiger partial charge in [0.25, 0.3) is 6.02 Å². The number of halogens is 6. The van der Waals surface area contributed by atoms with E-state index < -0.39 is 53.0 Å². The van der Waals surface area contributed by atoms with Crippen LogP contribution in [0.15, 0.2) is 33.4 Å². The van der Waals surface area contributed by atoms with Crippen molar-refractivity contribution >= 4 is 41.3 Å². The highest BCUT2D eigenvalue weighted by atomic mass is 35.5. The summed E-state index contributed by atoms with van der Waals surface area (Å²) in [5, 5.41) is 0.0741. The van der Waals surface area contributed by atoms with E-state index in [4.69, 9.17) is 34.7 Å². The first-order valence-corrected chi connectivity index (χ1v) is 9.17. The Kier molecular flexibility index (Phi) is 5.48. The highest BCUT2D eigenvalue weighted by molar-refractivity contribution is 6.41. The molecule has 0 saturated heterocycles. The Morgan fingerprint density at radius 2 is 2.07 bits per heavy atom. The van der Waals surface area contributed by atoms with E-state index in [0.717, 1.165) is 12.3 Å². The van der Waals surface area contributed by atoms with Crippen LogP contribution in [0.2, 0.25) is 0 Å². The lowest BCUT2D eigenvalue weighted by atomic mass is 9.83. The number of nitrogens with zero attached hydrogens (tertiary/aromatic N) is 3. The summed E-state index contributed by atoms with van der Waals surface area (Å²) in [6.07, 6.45) is -4.38. The number of allylic oxidation sites excluding steroid dienone is 1. The van der Waals surface area contributed by atoms with Gasteiger partial charge in [-0.25, -0.2) is 9.98 Å². The molecule has 1 amide bonds. The Hall–Kier alpha value is -2.40. The fourth-order valence-corrected chi connectivity index (χ4v) is 4.01. The van der Waals surface area contributed by atoms with Crippen molar-refractivity contribution < 1.29 is 27.1 Å². The smallest absolute Gasteiger partial charge is 0.425 e. The molecule has 162 valence electrons. The Morgan fingerprint density at radius 3 is 2.67 bits per heavy atom. The summed E-state index contributed by atoms with van der Waals surface area (Å²) in [7, 11) is 0. The molecule has 0 saturated carbocycles. The van der Waals surface area contributed by atoms with Crippen molar-refractivity contribution in [3.05, 3.63) is 40.4 Å². The molecule has 0 bridgehead atoms. The average Bonchev–Trinajstić information content (AvgIpc) is 2.59. The summed E-state index contributed by atoms with van der Waals surface area (Å²) in [6.45, 7) is 1.25. The standard InChI is InChI=1S/C17H15Cl2F4N5O2/c1-15(4-10(17(21,22)23)30-14(25)28-15)9-2-7(5-27-12(9)20)16(19)3-8(18)6-26-11(16)13(24)29/h2-3,5-6,10-11H,4H2,1H3,(H2,24,29)(H2,25,28)/t10-,11?,15-,16?/m0/s1. The number of rotatable bonds is 3. The van der Waals surface area contributed by atoms with E-state index in [1.807, 2.05) is 0 Å². The first-order valence-electron chi connectivity index (χ1n) is 8.41. The Bertz CT molecular complexity index is 983. The van der Waals surface area contributed by atoms with Crippen LogP contribution in [-0.4, -0.2) is 41.4 Å². The van der Waals surface area contributed by atoms with Gasteiger partial charge in [0.2, 0.25) is 11.9 Å². The minimum Gasteiger partial charge on any atom is -0.452 e. The van der Waals surface area contributed by atoms with Gasteiger partial charge in [-0.15, -0.1) is 11.6 Å². The number of dihydropyridines is 1. The maximum absolute atomic E-state index is 14.6. The normalized spacial score (nSPS) is 31.6. The van der Waals surface area contributed by atoms with Crippen LogP contribution < -0.4 is 11.5 Å². The van der Waals surface area contributed by atoms with Crippen LogP contribution in [-0.2, 0) is 19.9 Å². The molecule has 0 radical (unpaired) electrons. The van der Waals surface area contributed by atoms with E-state index in [1.165, 1.54) is 19.2 Å². The molecule has 2 aliphatic rings. The van der Waals surface area contributed by atoms with Crippen LogP contribution >= 0.6 is 23.2 Å². The summed E-state index contributed by atoms with van der Waals surface area (Å²) in [4.78, 5) is 21.5. The Balaban J connectivity index is 2.13. The van der Waals surface area contributed by atoms with Crippen LogP contribution in [0.5, 0.6) is 0 Å². The zero-order valence-corrected chi connectivity index (χ0v) is 16.8. The van der Waals surface area contributed by atoms with Gasteiger partial charge in [-0.1, -0.05) is 11.6 Å². The molecule has 1 aromatic heterocycles. The number of aliphatic imine (C=N–C) groups is 2. The number of aromatic nitrogens is 1. The number of ether oxygens (including phenoxy) is 1. The zero-order valence-electron chi connectivity index (χ0n) is 15.3. The van der Waals surface area contributed by atoms with Gasteiger partial charge in [0.1, 0.15) is 4.87 Å². The molecule has 2 aliphatic heterocycles. The molecule has 4 atom stereocenters. The third-order valence-corrected chi connectivity index (χ3v) is 5.53. The molecule has 3 rings (SSSR count). The van der Waals surface area contributed by atoms with Gasteiger partial charge in [0.15, 0.2) is 12.1 Å². The van der Waals surface area contributed by atoms with E-state index in [-0.39, 0.29) is 16.2 Å². The summed E-state index contributed by atoms with van der Waals surface area (Å²) in [5.41, 5.74) is 8.71. The third kappa shape index (κ3) is 3.95. The van der Waals surface area contributed by atoms with E-state index >= 15 is 0 Å². The predicted octanol–water partition coefficient (Wildman–Crippen LogP) is 2.60. The lowest BCUT2D eigenvalue weighted by molar-refractivity contribution is -0.208. The van der Waals surface area contributed by atoms with Crippen LogP contribution in [0.1, 0.15) is 24.5 Å². The number of alkyl halides is 4. The zero-order chi connectivity index (χ0) is 22.5. The van der Waals surface area contributed by atoms with Crippen molar-refractivity contribution in [3.8, 4) is 0 Å². The number of nitrogens with two attached hydrogens (primary N) is 2. The Morgan fingerprint density at radius 1 is 1.40 bits per heavy atom. The van der Waals surface area contributed by atoms with Crippen LogP contribution in [0, 0.1) is 5.95 Å².